The Labute approximate surface area is 180 Å². The first-order valence-electron chi connectivity index (χ1n) is 10.2. The molecule has 0 radical (unpaired) electrons. The molecule has 1 aromatic heterocycles. The minimum Gasteiger partial charge on any atom is -0.435 e. The van der Waals surface area contributed by atoms with E-state index in [1.807, 2.05) is 51.1 Å². The highest BCUT2D eigenvalue weighted by Crippen LogP contribution is 2.33. The number of nitrogens with zero attached hydrogens (tertiary/aromatic N) is 3. The van der Waals surface area contributed by atoms with Crippen LogP contribution >= 0.6 is 0 Å². The monoisotopic (exact) mass is 428 g/mol. The van der Waals surface area contributed by atoms with Crippen molar-refractivity contribution >= 4 is 6.03 Å². The summed E-state index contributed by atoms with van der Waals surface area (Å²) in [6, 6.07) is 12.2. The lowest BCUT2D eigenvalue weighted by Gasteiger charge is -2.23. The first-order valence-corrected chi connectivity index (χ1v) is 10.2. The molecule has 0 aliphatic carbocycles. The molecule has 0 saturated heterocycles. The van der Waals surface area contributed by atoms with E-state index in [1.54, 1.807) is 9.58 Å². The standard InChI is InChI=1S/C23H26F2N4O2/c1-4-13-28(23(30)26-5-2)15-19-16(3)27-29(18-9-7-6-8-10-18)22(19)31-21-12-11-17(24)14-20(21)25/h6-12,14H,4-5,13,15H2,1-3H3,(H,26,30). The van der Waals surface area contributed by atoms with E-state index in [2.05, 4.69) is 10.4 Å². The smallest absolute Gasteiger partial charge is 0.317 e. The minimum absolute atomic E-state index is 0.125. The van der Waals surface area contributed by atoms with Crippen LogP contribution in [0.15, 0.2) is 48.5 Å². The number of rotatable bonds is 8. The molecule has 0 aliphatic rings. The number of carbonyl (C=O) groups excluding carboxylic acids is 1. The quantitative estimate of drug-likeness (QED) is 0.537. The van der Waals surface area contributed by atoms with E-state index in [0.717, 1.165) is 24.2 Å². The zero-order valence-corrected chi connectivity index (χ0v) is 17.9. The van der Waals surface area contributed by atoms with E-state index in [-0.39, 0.29) is 24.2 Å². The summed E-state index contributed by atoms with van der Waals surface area (Å²) in [5.41, 5.74) is 2.01. The molecule has 0 bridgehead atoms. The van der Waals surface area contributed by atoms with Gasteiger partial charge in [0.05, 0.1) is 23.5 Å². The fourth-order valence-electron chi connectivity index (χ4n) is 3.21. The van der Waals surface area contributed by atoms with E-state index in [1.165, 1.54) is 6.07 Å². The number of aromatic nitrogens is 2. The maximum absolute atomic E-state index is 14.4. The van der Waals surface area contributed by atoms with E-state index in [0.29, 0.717) is 24.3 Å². The van der Waals surface area contributed by atoms with Crippen molar-refractivity contribution in [2.24, 2.45) is 0 Å². The molecule has 2 aromatic carbocycles. The maximum Gasteiger partial charge on any atom is 0.317 e. The number of amides is 2. The number of halogens is 2. The van der Waals surface area contributed by atoms with Gasteiger partial charge in [0, 0.05) is 19.2 Å². The van der Waals surface area contributed by atoms with Crippen molar-refractivity contribution in [2.75, 3.05) is 13.1 Å². The lowest BCUT2D eigenvalue weighted by molar-refractivity contribution is 0.195. The van der Waals surface area contributed by atoms with Crippen LogP contribution in [0.5, 0.6) is 11.6 Å². The lowest BCUT2D eigenvalue weighted by Crippen LogP contribution is -2.39. The van der Waals surface area contributed by atoms with Gasteiger partial charge in [-0.3, -0.25) is 0 Å². The van der Waals surface area contributed by atoms with Gasteiger partial charge >= 0.3 is 6.03 Å². The fourth-order valence-corrected chi connectivity index (χ4v) is 3.21. The molecule has 2 amide bonds. The van der Waals surface area contributed by atoms with Crippen molar-refractivity contribution < 1.29 is 18.3 Å². The van der Waals surface area contributed by atoms with Crippen LogP contribution in [0.3, 0.4) is 0 Å². The van der Waals surface area contributed by atoms with Crippen LogP contribution in [0.4, 0.5) is 13.6 Å². The molecule has 0 saturated carbocycles. The SMILES string of the molecule is CCCN(Cc1c(C)nn(-c2ccccc2)c1Oc1ccc(F)cc1F)C(=O)NCC. The number of aryl methyl sites for hydroxylation is 1. The largest absolute Gasteiger partial charge is 0.435 e. The Morgan fingerprint density at radius 2 is 1.90 bits per heavy atom. The molecule has 3 rings (SSSR count). The second-order valence-corrected chi connectivity index (χ2v) is 7.05. The highest BCUT2D eigenvalue weighted by Gasteiger charge is 2.24. The van der Waals surface area contributed by atoms with Gasteiger partial charge in [-0.05, 0) is 44.5 Å². The Morgan fingerprint density at radius 3 is 2.55 bits per heavy atom. The van der Waals surface area contributed by atoms with Gasteiger partial charge in [-0.25, -0.2) is 18.3 Å². The average Bonchev–Trinajstić information content (AvgIpc) is 3.05. The zero-order chi connectivity index (χ0) is 22.4. The second kappa shape index (κ2) is 10.1. The number of hydrogen-bond donors (Lipinski definition) is 1. The Morgan fingerprint density at radius 1 is 1.16 bits per heavy atom. The summed E-state index contributed by atoms with van der Waals surface area (Å²) < 4.78 is 35.2. The number of para-hydroxylation sites is 1. The van der Waals surface area contributed by atoms with Crippen LogP contribution < -0.4 is 10.1 Å². The van der Waals surface area contributed by atoms with Crippen LogP contribution in [0, 0.1) is 18.6 Å². The van der Waals surface area contributed by atoms with E-state index in [4.69, 9.17) is 4.74 Å². The summed E-state index contributed by atoms with van der Waals surface area (Å²) in [5.74, 6) is -1.36. The molecule has 0 spiro atoms. The molecule has 1 heterocycles. The molecule has 1 N–H and O–H groups in total. The molecule has 0 atom stereocenters. The van der Waals surface area contributed by atoms with Crippen molar-refractivity contribution in [3.05, 3.63) is 71.4 Å². The lowest BCUT2D eigenvalue weighted by atomic mass is 10.2. The number of nitrogens with one attached hydrogen (secondary N) is 1. The molecule has 164 valence electrons. The number of hydrogen-bond acceptors (Lipinski definition) is 3. The highest BCUT2D eigenvalue weighted by atomic mass is 19.1. The van der Waals surface area contributed by atoms with Crippen molar-refractivity contribution in [3.8, 4) is 17.3 Å². The van der Waals surface area contributed by atoms with E-state index >= 15 is 0 Å². The normalized spacial score (nSPS) is 10.7. The molecule has 31 heavy (non-hydrogen) atoms. The van der Waals surface area contributed by atoms with E-state index < -0.39 is 11.6 Å². The van der Waals surface area contributed by atoms with Gasteiger partial charge in [-0.15, -0.1) is 0 Å². The molecular weight excluding hydrogens is 402 g/mol. The number of urea groups is 1. The van der Waals surface area contributed by atoms with Crippen LogP contribution in [-0.2, 0) is 6.54 Å². The third kappa shape index (κ3) is 5.20. The van der Waals surface area contributed by atoms with E-state index in [9.17, 15) is 13.6 Å². The molecule has 0 fully saturated rings. The topological polar surface area (TPSA) is 59.4 Å². The third-order valence-electron chi connectivity index (χ3n) is 4.70. The molecule has 6 nitrogen and oxygen atoms in total. The van der Waals surface area contributed by atoms with Gasteiger partial charge in [-0.1, -0.05) is 25.1 Å². The maximum atomic E-state index is 14.4. The van der Waals surface area contributed by atoms with Gasteiger partial charge in [0.1, 0.15) is 5.82 Å². The summed E-state index contributed by atoms with van der Waals surface area (Å²) >= 11 is 0. The van der Waals surface area contributed by atoms with Gasteiger partial charge in [-0.2, -0.15) is 5.10 Å². The Kier molecular flexibility index (Phi) is 7.23. The van der Waals surface area contributed by atoms with Gasteiger partial charge in [0.25, 0.3) is 0 Å². The molecule has 8 heteroatoms. The van der Waals surface area contributed by atoms with Crippen LogP contribution in [0.25, 0.3) is 5.69 Å². The first-order chi connectivity index (χ1) is 14.9. The Balaban J connectivity index is 2.07. The fraction of sp³-hybridized carbons (Fsp3) is 0.304. The summed E-state index contributed by atoms with van der Waals surface area (Å²) in [7, 11) is 0. The predicted octanol–water partition coefficient (Wildman–Crippen LogP) is 5.19. The summed E-state index contributed by atoms with van der Waals surface area (Å²) in [5, 5.41) is 7.39. The van der Waals surface area contributed by atoms with Crippen LogP contribution in [-0.4, -0.2) is 33.8 Å². The highest BCUT2D eigenvalue weighted by molar-refractivity contribution is 5.74. The first kappa shape index (κ1) is 22.3. The second-order valence-electron chi connectivity index (χ2n) is 7.05. The van der Waals surface area contributed by atoms with Crippen LogP contribution in [0.2, 0.25) is 0 Å². The third-order valence-corrected chi connectivity index (χ3v) is 4.70. The number of carbonyl (C=O) groups is 1. The van der Waals surface area contributed by atoms with Gasteiger partial charge < -0.3 is 15.0 Å². The van der Waals surface area contributed by atoms with Crippen molar-refractivity contribution in [1.82, 2.24) is 20.0 Å². The summed E-state index contributed by atoms with van der Waals surface area (Å²) in [4.78, 5) is 14.2. The molecule has 3 aromatic rings. The summed E-state index contributed by atoms with van der Waals surface area (Å²) in [6.07, 6.45) is 0.770. The van der Waals surface area contributed by atoms with Gasteiger partial charge in [0.2, 0.25) is 5.88 Å². The zero-order valence-electron chi connectivity index (χ0n) is 17.9. The molecule has 0 aliphatic heterocycles. The Bertz CT molecular complexity index is 1040. The van der Waals surface area contributed by atoms with Crippen molar-refractivity contribution in [2.45, 2.75) is 33.7 Å². The van der Waals surface area contributed by atoms with Crippen LogP contribution in [0.1, 0.15) is 31.5 Å². The number of ether oxygens (including phenoxy) is 1. The average molecular weight is 428 g/mol. The Hall–Kier alpha value is -3.42. The molecule has 0 unspecified atom stereocenters. The van der Waals surface area contributed by atoms with Gasteiger partial charge in [0.15, 0.2) is 11.6 Å². The number of benzene rings is 2. The van der Waals surface area contributed by atoms with Crippen molar-refractivity contribution in [3.63, 3.8) is 0 Å². The predicted molar refractivity (Wildman–Crippen MR) is 115 cm³/mol. The molecular formula is C23H26F2N4O2. The summed E-state index contributed by atoms with van der Waals surface area (Å²) in [6.45, 7) is 6.92. The minimum atomic E-state index is -0.821. The van der Waals surface area contributed by atoms with Crippen molar-refractivity contribution in [1.29, 1.82) is 0 Å².